The van der Waals surface area contributed by atoms with E-state index in [-0.39, 0.29) is 5.56 Å². The van der Waals surface area contributed by atoms with Crippen LogP contribution in [0.25, 0.3) is 0 Å². The number of hydrogen-bond donors (Lipinski definition) is 1. The van der Waals surface area contributed by atoms with Crippen LogP contribution in [0.5, 0.6) is 0 Å². The standard InChI is InChI=1S/C13H10FNO2/c14-12-7-9(3-4-11(12)13(16)17)6-10-2-1-5-15-8-10/h1-5,7-8H,6H2,(H,16,17). The third-order valence-electron chi connectivity index (χ3n) is 2.39. The number of rotatable bonds is 3. The van der Waals surface area contributed by atoms with Crippen molar-refractivity contribution in [2.24, 2.45) is 0 Å². The van der Waals surface area contributed by atoms with Gasteiger partial charge in [-0.3, -0.25) is 4.98 Å². The first-order valence-electron chi connectivity index (χ1n) is 5.07. The summed E-state index contributed by atoms with van der Waals surface area (Å²) in [6.45, 7) is 0. The summed E-state index contributed by atoms with van der Waals surface area (Å²) in [5, 5.41) is 8.70. The molecule has 0 aliphatic rings. The Bertz CT molecular complexity index is 540. The van der Waals surface area contributed by atoms with Crippen molar-refractivity contribution in [2.45, 2.75) is 6.42 Å². The highest BCUT2D eigenvalue weighted by atomic mass is 19.1. The zero-order valence-corrected chi connectivity index (χ0v) is 8.93. The highest BCUT2D eigenvalue weighted by molar-refractivity contribution is 5.87. The Morgan fingerprint density at radius 3 is 2.71 bits per heavy atom. The monoisotopic (exact) mass is 231 g/mol. The van der Waals surface area contributed by atoms with Gasteiger partial charge in [-0.1, -0.05) is 12.1 Å². The van der Waals surface area contributed by atoms with Crippen LogP contribution in [0.2, 0.25) is 0 Å². The fourth-order valence-corrected chi connectivity index (χ4v) is 1.58. The Hall–Kier alpha value is -2.23. The summed E-state index contributed by atoms with van der Waals surface area (Å²) in [5.41, 5.74) is 1.37. The van der Waals surface area contributed by atoms with Gasteiger partial charge in [-0.2, -0.15) is 0 Å². The van der Waals surface area contributed by atoms with Gasteiger partial charge in [0.25, 0.3) is 0 Å². The number of benzene rings is 1. The summed E-state index contributed by atoms with van der Waals surface area (Å²) in [7, 11) is 0. The molecule has 2 rings (SSSR count). The molecule has 0 atom stereocenters. The summed E-state index contributed by atoms with van der Waals surface area (Å²) in [6, 6.07) is 7.83. The normalized spacial score (nSPS) is 10.2. The average Bonchev–Trinajstić information content (AvgIpc) is 2.30. The quantitative estimate of drug-likeness (QED) is 0.882. The maximum atomic E-state index is 13.4. The number of nitrogens with zero attached hydrogens (tertiary/aromatic N) is 1. The van der Waals surface area contributed by atoms with Gasteiger partial charge in [-0.05, 0) is 35.7 Å². The molecule has 0 aliphatic carbocycles. The molecule has 17 heavy (non-hydrogen) atoms. The molecule has 0 saturated heterocycles. The highest BCUT2D eigenvalue weighted by Gasteiger charge is 2.10. The zero-order chi connectivity index (χ0) is 12.3. The number of carbonyl (C=O) groups is 1. The number of pyridine rings is 1. The first-order valence-corrected chi connectivity index (χ1v) is 5.07. The molecule has 0 amide bonds. The third-order valence-corrected chi connectivity index (χ3v) is 2.39. The molecule has 0 radical (unpaired) electrons. The van der Waals surface area contributed by atoms with Crippen molar-refractivity contribution in [2.75, 3.05) is 0 Å². The second-order valence-corrected chi connectivity index (χ2v) is 3.66. The Morgan fingerprint density at radius 1 is 1.29 bits per heavy atom. The lowest BCUT2D eigenvalue weighted by molar-refractivity contribution is 0.0692. The van der Waals surface area contributed by atoms with Crippen molar-refractivity contribution in [1.82, 2.24) is 4.98 Å². The topological polar surface area (TPSA) is 50.2 Å². The van der Waals surface area contributed by atoms with Crippen molar-refractivity contribution in [3.8, 4) is 0 Å². The van der Waals surface area contributed by atoms with Gasteiger partial charge in [-0.25, -0.2) is 9.18 Å². The first kappa shape index (κ1) is 11.3. The van der Waals surface area contributed by atoms with Crippen molar-refractivity contribution >= 4 is 5.97 Å². The lowest BCUT2D eigenvalue weighted by Crippen LogP contribution is -2.01. The van der Waals surface area contributed by atoms with Gasteiger partial charge in [0.15, 0.2) is 0 Å². The summed E-state index contributed by atoms with van der Waals surface area (Å²) in [4.78, 5) is 14.6. The summed E-state index contributed by atoms with van der Waals surface area (Å²) in [5.74, 6) is -1.96. The van der Waals surface area contributed by atoms with Gasteiger partial charge in [0, 0.05) is 12.4 Å². The second kappa shape index (κ2) is 4.74. The Morgan fingerprint density at radius 2 is 2.12 bits per heavy atom. The second-order valence-electron chi connectivity index (χ2n) is 3.66. The van der Waals surface area contributed by atoms with Crippen molar-refractivity contribution in [3.05, 3.63) is 65.2 Å². The van der Waals surface area contributed by atoms with Gasteiger partial charge in [-0.15, -0.1) is 0 Å². The predicted octanol–water partition coefficient (Wildman–Crippen LogP) is 2.51. The lowest BCUT2D eigenvalue weighted by atomic mass is 10.0. The molecule has 1 aromatic carbocycles. The number of carboxylic acids is 1. The zero-order valence-electron chi connectivity index (χ0n) is 8.93. The van der Waals surface area contributed by atoms with Crippen LogP contribution in [0.1, 0.15) is 21.5 Å². The van der Waals surface area contributed by atoms with E-state index in [2.05, 4.69) is 4.98 Å². The maximum absolute atomic E-state index is 13.4. The fourth-order valence-electron chi connectivity index (χ4n) is 1.58. The number of hydrogen-bond acceptors (Lipinski definition) is 2. The van der Waals surface area contributed by atoms with Gasteiger partial charge in [0.05, 0.1) is 5.56 Å². The number of aromatic carboxylic acids is 1. The van der Waals surface area contributed by atoms with E-state index in [1.54, 1.807) is 24.5 Å². The van der Waals surface area contributed by atoms with E-state index in [1.807, 2.05) is 6.07 Å². The van der Waals surface area contributed by atoms with Crippen molar-refractivity contribution in [1.29, 1.82) is 0 Å². The van der Waals surface area contributed by atoms with Gasteiger partial charge in [0.2, 0.25) is 0 Å². The molecule has 1 aromatic heterocycles. The van der Waals surface area contributed by atoms with Crippen LogP contribution >= 0.6 is 0 Å². The average molecular weight is 231 g/mol. The molecule has 3 nitrogen and oxygen atoms in total. The van der Waals surface area contributed by atoms with Crippen LogP contribution in [0, 0.1) is 5.82 Å². The minimum Gasteiger partial charge on any atom is -0.478 e. The van der Waals surface area contributed by atoms with E-state index in [4.69, 9.17) is 5.11 Å². The number of carboxylic acid groups (broad SMARTS) is 1. The van der Waals surface area contributed by atoms with Gasteiger partial charge in [0.1, 0.15) is 5.82 Å². The Balaban J connectivity index is 2.24. The third kappa shape index (κ3) is 2.66. The van der Waals surface area contributed by atoms with E-state index in [9.17, 15) is 9.18 Å². The highest BCUT2D eigenvalue weighted by Crippen LogP contribution is 2.13. The van der Waals surface area contributed by atoms with Gasteiger partial charge < -0.3 is 5.11 Å². The lowest BCUT2D eigenvalue weighted by Gasteiger charge is -2.03. The minimum atomic E-state index is -1.25. The van der Waals surface area contributed by atoms with Crippen LogP contribution in [0.3, 0.4) is 0 Å². The molecule has 2 aromatic rings. The van der Waals surface area contributed by atoms with Crippen LogP contribution in [-0.2, 0) is 6.42 Å². The van der Waals surface area contributed by atoms with Crippen LogP contribution < -0.4 is 0 Å². The van der Waals surface area contributed by atoms with E-state index in [0.29, 0.717) is 6.42 Å². The van der Waals surface area contributed by atoms with E-state index in [1.165, 1.54) is 12.1 Å². The van der Waals surface area contributed by atoms with Crippen LogP contribution in [-0.4, -0.2) is 16.1 Å². The summed E-state index contributed by atoms with van der Waals surface area (Å²) >= 11 is 0. The molecule has 0 aliphatic heterocycles. The molecule has 1 N–H and O–H groups in total. The molecule has 0 saturated carbocycles. The van der Waals surface area contributed by atoms with Crippen LogP contribution in [0.4, 0.5) is 4.39 Å². The minimum absolute atomic E-state index is 0.306. The fraction of sp³-hybridized carbons (Fsp3) is 0.0769. The number of halogens is 1. The maximum Gasteiger partial charge on any atom is 0.338 e. The SMILES string of the molecule is O=C(O)c1ccc(Cc2cccnc2)cc1F. The molecule has 1 heterocycles. The molecular weight excluding hydrogens is 221 g/mol. The Labute approximate surface area is 97.6 Å². The molecule has 0 fully saturated rings. The van der Waals surface area contributed by atoms with Gasteiger partial charge >= 0.3 is 5.97 Å². The summed E-state index contributed by atoms with van der Waals surface area (Å²) in [6.07, 6.45) is 3.89. The molecule has 4 heteroatoms. The molecule has 86 valence electrons. The Kier molecular flexibility index (Phi) is 3.14. The van der Waals surface area contributed by atoms with Crippen molar-refractivity contribution < 1.29 is 14.3 Å². The number of aromatic nitrogens is 1. The molecule has 0 unspecified atom stereocenters. The molecular formula is C13H10FNO2. The van der Waals surface area contributed by atoms with E-state index < -0.39 is 11.8 Å². The van der Waals surface area contributed by atoms with Crippen LogP contribution in [0.15, 0.2) is 42.7 Å². The smallest absolute Gasteiger partial charge is 0.338 e. The molecule has 0 bridgehead atoms. The van der Waals surface area contributed by atoms with E-state index >= 15 is 0 Å². The predicted molar refractivity (Wildman–Crippen MR) is 60.4 cm³/mol. The largest absolute Gasteiger partial charge is 0.478 e. The molecule has 0 spiro atoms. The van der Waals surface area contributed by atoms with Crippen molar-refractivity contribution in [3.63, 3.8) is 0 Å². The van der Waals surface area contributed by atoms with E-state index in [0.717, 1.165) is 11.1 Å². The summed E-state index contributed by atoms with van der Waals surface area (Å²) < 4.78 is 13.4. The first-order chi connectivity index (χ1) is 8.16.